The van der Waals surface area contributed by atoms with Crippen molar-refractivity contribution in [1.82, 2.24) is 4.98 Å². The van der Waals surface area contributed by atoms with Gasteiger partial charge in [-0.3, -0.25) is 4.79 Å². The molecule has 84 valence electrons. The lowest BCUT2D eigenvalue weighted by molar-refractivity contribution is -0.120. The van der Waals surface area contributed by atoms with E-state index in [2.05, 4.69) is 10.3 Å². The first-order chi connectivity index (χ1) is 7.74. The highest BCUT2D eigenvalue weighted by Gasteiger charge is 2.48. The fourth-order valence-electron chi connectivity index (χ4n) is 2.63. The van der Waals surface area contributed by atoms with Crippen LogP contribution < -0.4 is 5.32 Å². The minimum Gasteiger partial charge on any atom is -0.309 e. The molecule has 2 aliphatic carbocycles. The fraction of sp³-hybridized carbons (Fsp3) is 0.500. The molecule has 2 saturated carbocycles. The number of hydrogen-bond acceptors (Lipinski definition) is 2. The lowest BCUT2D eigenvalue weighted by Crippen LogP contribution is -2.22. The van der Waals surface area contributed by atoms with Crippen LogP contribution in [0.2, 0.25) is 5.02 Å². The standard InChI is InChI=1S/C12H13ClN2O/c13-10-2-1-3-14-11(10)15-12(16)9-5-7-4-8(7)6-9/h1-3,7-9H,4-6H2,(H,14,15,16). The maximum absolute atomic E-state index is 11.9. The van der Waals surface area contributed by atoms with Crippen LogP contribution in [0.5, 0.6) is 0 Å². The van der Waals surface area contributed by atoms with Gasteiger partial charge in [0, 0.05) is 12.1 Å². The van der Waals surface area contributed by atoms with Crippen LogP contribution in [-0.4, -0.2) is 10.9 Å². The van der Waals surface area contributed by atoms with Gasteiger partial charge in [0.2, 0.25) is 5.91 Å². The van der Waals surface area contributed by atoms with Crippen LogP contribution in [0, 0.1) is 17.8 Å². The van der Waals surface area contributed by atoms with E-state index >= 15 is 0 Å². The summed E-state index contributed by atoms with van der Waals surface area (Å²) < 4.78 is 0. The topological polar surface area (TPSA) is 42.0 Å². The van der Waals surface area contributed by atoms with E-state index in [0.717, 1.165) is 24.7 Å². The van der Waals surface area contributed by atoms with Crippen molar-refractivity contribution in [3.63, 3.8) is 0 Å². The molecule has 2 fully saturated rings. The number of fused-ring (bicyclic) bond motifs is 1. The quantitative estimate of drug-likeness (QED) is 0.858. The number of hydrogen-bond donors (Lipinski definition) is 1. The Morgan fingerprint density at radius 1 is 1.38 bits per heavy atom. The van der Waals surface area contributed by atoms with Gasteiger partial charge in [0.1, 0.15) is 0 Å². The molecule has 1 amide bonds. The van der Waals surface area contributed by atoms with Gasteiger partial charge in [0.05, 0.1) is 5.02 Å². The highest BCUT2D eigenvalue weighted by molar-refractivity contribution is 6.33. The summed E-state index contributed by atoms with van der Waals surface area (Å²) in [5, 5.41) is 3.31. The number of carbonyl (C=O) groups is 1. The normalized spacial score (nSPS) is 30.9. The van der Waals surface area contributed by atoms with Crippen LogP contribution in [0.15, 0.2) is 18.3 Å². The molecule has 4 heteroatoms. The number of amides is 1. The summed E-state index contributed by atoms with van der Waals surface area (Å²) in [6, 6.07) is 3.49. The summed E-state index contributed by atoms with van der Waals surface area (Å²) in [5.41, 5.74) is 0. The first kappa shape index (κ1) is 10.1. The number of rotatable bonds is 2. The van der Waals surface area contributed by atoms with Crippen LogP contribution >= 0.6 is 11.6 Å². The largest absolute Gasteiger partial charge is 0.309 e. The molecule has 3 nitrogen and oxygen atoms in total. The molecule has 0 aliphatic heterocycles. The summed E-state index contributed by atoms with van der Waals surface area (Å²) in [5.74, 6) is 2.36. The third-order valence-electron chi connectivity index (χ3n) is 3.61. The average Bonchev–Trinajstić information content (AvgIpc) is 2.89. The number of nitrogens with one attached hydrogen (secondary N) is 1. The Bertz CT molecular complexity index is 425. The maximum Gasteiger partial charge on any atom is 0.228 e. The van der Waals surface area contributed by atoms with Crippen molar-refractivity contribution >= 4 is 23.3 Å². The minimum absolute atomic E-state index is 0.0767. The van der Waals surface area contributed by atoms with Gasteiger partial charge in [0.15, 0.2) is 5.82 Å². The van der Waals surface area contributed by atoms with E-state index in [1.807, 2.05) is 0 Å². The van der Waals surface area contributed by atoms with Gasteiger partial charge in [-0.2, -0.15) is 0 Å². The molecule has 3 rings (SSSR count). The van der Waals surface area contributed by atoms with E-state index in [4.69, 9.17) is 11.6 Å². The summed E-state index contributed by atoms with van der Waals surface area (Å²) in [4.78, 5) is 16.0. The highest BCUT2D eigenvalue weighted by atomic mass is 35.5. The number of anilines is 1. The molecule has 1 N–H and O–H groups in total. The Hall–Kier alpha value is -1.09. The SMILES string of the molecule is O=C(Nc1ncccc1Cl)C1CC2CC2C1. The van der Waals surface area contributed by atoms with Crippen LogP contribution in [0.25, 0.3) is 0 Å². The fourth-order valence-corrected chi connectivity index (χ4v) is 2.79. The first-order valence-corrected chi connectivity index (χ1v) is 6.03. The Balaban J connectivity index is 1.66. The molecule has 0 bridgehead atoms. The van der Waals surface area contributed by atoms with E-state index in [1.165, 1.54) is 6.42 Å². The van der Waals surface area contributed by atoms with Gasteiger partial charge >= 0.3 is 0 Å². The molecule has 2 aliphatic rings. The number of pyridine rings is 1. The molecule has 1 aromatic rings. The molecule has 0 aromatic carbocycles. The first-order valence-electron chi connectivity index (χ1n) is 5.65. The van der Waals surface area contributed by atoms with E-state index in [-0.39, 0.29) is 11.8 Å². The van der Waals surface area contributed by atoms with Gasteiger partial charge in [-0.05, 0) is 43.2 Å². The van der Waals surface area contributed by atoms with Crippen LogP contribution in [0.4, 0.5) is 5.82 Å². The Morgan fingerprint density at radius 2 is 2.12 bits per heavy atom. The van der Waals surface area contributed by atoms with Crippen molar-refractivity contribution in [2.75, 3.05) is 5.32 Å². The van der Waals surface area contributed by atoms with Crippen molar-refractivity contribution in [1.29, 1.82) is 0 Å². The molecule has 1 heterocycles. The predicted molar refractivity (Wildman–Crippen MR) is 62.2 cm³/mol. The summed E-state index contributed by atoms with van der Waals surface area (Å²) >= 11 is 5.94. The number of nitrogens with zero attached hydrogens (tertiary/aromatic N) is 1. The van der Waals surface area contributed by atoms with Gasteiger partial charge in [-0.25, -0.2) is 4.98 Å². The molecule has 0 saturated heterocycles. The van der Waals surface area contributed by atoms with Crippen molar-refractivity contribution < 1.29 is 4.79 Å². The molecule has 2 unspecified atom stereocenters. The van der Waals surface area contributed by atoms with E-state index < -0.39 is 0 Å². The zero-order valence-corrected chi connectivity index (χ0v) is 9.57. The number of aromatic nitrogens is 1. The molecule has 16 heavy (non-hydrogen) atoms. The number of halogens is 1. The molecular formula is C12H13ClN2O. The van der Waals surface area contributed by atoms with E-state index in [1.54, 1.807) is 18.3 Å². The Kier molecular flexibility index (Phi) is 2.36. The van der Waals surface area contributed by atoms with Crippen molar-refractivity contribution in [2.24, 2.45) is 17.8 Å². The predicted octanol–water partition coefficient (Wildman–Crippen LogP) is 2.72. The number of carbonyl (C=O) groups excluding carboxylic acids is 1. The van der Waals surface area contributed by atoms with Crippen molar-refractivity contribution in [3.05, 3.63) is 23.4 Å². The second-order valence-electron chi connectivity index (χ2n) is 4.75. The summed E-state index contributed by atoms with van der Waals surface area (Å²) in [7, 11) is 0. The molecule has 0 radical (unpaired) electrons. The van der Waals surface area contributed by atoms with Gasteiger partial charge in [-0.15, -0.1) is 0 Å². The van der Waals surface area contributed by atoms with Crippen molar-refractivity contribution in [3.8, 4) is 0 Å². The van der Waals surface area contributed by atoms with E-state index in [9.17, 15) is 4.79 Å². The molecule has 2 atom stereocenters. The summed E-state index contributed by atoms with van der Waals surface area (Å²) in [6.45, 7) is 0. The Labute approximate surface area is 99.2 Å². The van der Waals surface area contributed by atoms with Gasteiger partial charge in [0.25, 0.3) is 0 Å². The zero-order chi connectivity index (χ0) is 11.1. The second kappa shape index (κ2) is 3.74. The molecule has 1 aromatic heterocycles. The lowest BCUT2D eigenvalue weighted by Gasteiger charge is -2.12. The van der Waals surface area contributed by atoms with Crippen LogP contribution in [-0.2, 0) is 4.79 Å². The van der Waals surface area contributed by atoms with E-state index in [0.29, 0.717) is 10.8 Å². The van der Waals surface area contributed by atoms with Crippen molar-refractivity contribution in [2.45, 2.75) is 19.3 Å². The van der Waals surface area contributed by atoms with Crippen LogP contribution in [0.1, 0.15) is 19.3 Å². The highest BCUT2D eigenvalue weighted by Crippen LogP contribution is 2.54. The van der Waals surface area contributed by atoms with Gasteiger partial charge < -0.3 is 5.32 Å². The average molecular weight is 237 g/mol. The second-order valence-corrected chi connectivity index (χ2v) is 5.15. The van der Waals surface area contributed by atoms with Gasteiger partial charge in [-0.1, -0.05) is 11.6 Å². The van der Waals surface area contributed by atoms with Crippen LogP contribution in [0.3, 0.4) is 0 Å². The maximum atomic E-state index is 11.9. The molecule has 0 spiro atoms. The smallest absolute Gasteiger partial charge is 0.228 e. The third-order valence-corrected chi connectivity index (χ3v) is 3.92. The zero-order valence-electron chi connectivity index (χ0n) is 8.82. The third kappa shape index (κ3) is 1.80. The monoisotopic (exact) mass is 236 g/mol. The lowest BCUT2D eigenvalue weighted by atomic mass is 10.0. The molecular weight excluding hydrogens is 224 g/mol. The minimum atomic E-state index is 0.0767. The summed E-state index contributed by atoms with van der Waals surface area (Å²) in [6.07, 6.45) is 5.05. The Morgan fingerprint density at radius 3 is 2.81 bits per heavy atom.